The molecule has 0 bridgehead atoms. The summed E-state index contributed by atoms with van der Waals surface area (Å²) in [5.41, 5.74) is 2.01. The molecule has 1 atom stereocenters. The van der Waals surface area contributed by atoms with Gasteiger partial charge in [-0.3, -0.25) is 14.4 Å². The van der Waals surface area contributed by atoms with Crippen molar-refractivity contribution in [1.82, 2.24) is 10.6 Å². The highest BCUT2D eigenvalue weighted by Crippen LogP contribution is 2.19. The van der Waals surface area contributed by atoms with E-state index in [1.165, 1.54) is 18.2 Å². The van der Waals surface area contributed by atoms with Crippen molar-refractivity contribution >= 4 is 23.4 Å². The number of anilines is 1. The van der Waals surface area contributed by atoms with E-state index in [1.54, 1.807) is 42.6 Å². The van der Waals surface area contributed by atoms with Gasteiger partial charge in [0, 0.05) is 23.2 Å². The van der Waals surface area contributed by atoms with Gasteiger partial charge in [-0.15, -0.1) is 0 Å². The molecule has 0 aromatic heterocycles. The Morgan fingerprint density at radius 2 is 1.46 bits per heavy atom. The molecular formula is C26H24F3N3O3. The summed E-state index contributed by atoms with van der Waals surface area (Å²) in [7, 11) is 0. The molecule has 3 aromatic rings. The highest BCUT2D eigenvalue weighted by atomic mass is 19.4. The maximum Gasteiger partial charge on any atom is 0.405 e. The Hall–Kier alpha value is -4.14. The van der Waals surface area contributed by atoms with Crippen LogP contribution >= 0.6 is 0 Å². The van der Waals surface area contributed by atoms with Gasteiger partial charge < -0.3 is 16.0 Å². The van der Waals surface area contributed by atoms with Gasteiger partial charge in [0.05, 0.1) is 0 Å². The third kappa shape index (κ3) is 7.70. The van der Waals surface area contributed by atoms with Gasteiger partial charge in [-0.1, -0.05) is 54.6 Å². The predicted molar refractivity (Wildman–Crippen MR) is 126 cm³/mol. The topological polar surface area (TPSA) is 87.3 Å². The fourth-order valence-electron chi connectivity index (χ4n) is 3.29. The normalized spacial score (nSPS) is 11.9. The monoisotopic (exact) mass is 483 g/mol. The Balaban J connectivity index is 1.79. The fourth-order valence-corrected chi connectivity index (χ4v) is 3.29. The van der Waals surface area contributed by atoms with Crippen molar-refractivity contribution in [3.63, 3.8) is 0 Å². The number of alkyl halides is 3. The molecule has 35 heavy (non-hydrogen) atoms. The Morgan fingerprint density at radius 1 is 0.829 bits per heavy atom. The number of rotatable bonds is 8. The van der Waals surface area contributed by atoms with Crippen LogP contribution in [0.15, 0.2) is 78.9 Å². The van der Waals surface area contributed by atoms with Gasteiger partial charge in [0.2, 0.25) is 5.91 Å². The number of carbonyl (C=O) groups excluding carboxylic acids is 3. The molecule has 0 saturated heterocycles. The molecule has 182 valence electrons. The lowest BCUT2D eigenvalue weighted by atomic mass is 10.0. The lowest BCUT2D eigenvalue weighted by Crippen LogP contribution is -2.45. The Morgan fingerprint density at radius 3 is 2.09 bits per heavy atom. The molecule has 0 radical (unpaired) electrons. The van der Waals surface area contributed by atoms with Gasteiger partial charge in [-0.25, -0.2) is 0 Å². The number of amides is 3. The molecule has 9 heteroatoms. The summed E-state index contributed by atoms with van der Waals surface area (Å²) in [5.74, 6) is -1.89. The number of aryl methyl sites for hydroxylation is 1. The van der Waals surface area contributed by atoms with Crippen LogP contribution in [0.4, 0.5) is 18.9 Å². The predicted octanol–water partition coefficient (Wildman–Crippen LogP) is 4.27. The van der Waals surface area contributed by atoms with Crippen molar-refractivity contribution in [2.45, 2.75) is 25.6 Å². The average molecular weight is 483 g/mol. The summed E-state index contributed by atoms with van der Waals surface area (Å²) in [6, 6.07) is 20.8. The maximum atomic E-state index is 13.2. The second-order valence-electron chi connectivity index (χ2n) is 7.90. The lowest BCUT2D eigenvalue weighted by molar-refractivity contribution is -0.123. The second-order valence-corrected chi connectivity index (χ2v) is 7.90. The number of benzene rings is 3. The van der Waals surface area contributed by atoms with Gasteiger partial charge in [0.15, 0.2) is 0 Å². The molecule has 0 spiro atoms. The molecule has 0 heterocycles. The van der Waals surface area contributed by atoms with E-state index in [0.29, 0.717) is 11.1 Å². The van der Waals surface area contributed by atoms with Crippen LogP contribution in [-0.2, 0) is 11.2 Å². The highest BCUT2D eigenvalue weighted by Gasteiger charge is 2.28. The number of hydrogen-bond acceptors (Lipinski definition) is 3. The Kier molecular flexibility index (Phi) is 8.25. The standard InChI is InChI=1S/C26H24F3N3O3/c1-17-12-13-20(23(33)30-16-26(27,28)29)15-21(17)31-25(35)22(14-18-8-4-2-5-9-18)32-24(34)19-10-6-3-7-11-19/h2-13,15,22H,14,16H2,1H3,(H,30,33)(H,31,35)(H,32,34). The minimum absolute atomic E-state index is 0.0388. The molecule has 0 aliphatic heterocycles. The van der Waals surface area contributed by atoms with Gasteiger partial charge >= 0.3 is 6.18 Å². The zero-order chi connectivity index (χ0) is 25.4. The first-order chi connectivity index (χ1) is 16.6. The molecule has 0 fully saturated rings. The van der Waals surface area contributed by atoms with Gasteiger partial charge in [-0.2, -0.15) is 13.2 Å². The molecule has 3 aromatic carbocycles. The number of carbonyl (C=O) groups is 3. The molecule has 0 aliphatic rings. The average Bonchev–Trinajstić information content (AvgIpc) is 2.84. The van der Waals surface area contributed by atoms with E-state index in [1.807, 2.05) is 30.3 Å². The van der Waals surface area contributed by atoms with Crippen LogP contribution in [0, 0.1) is 6.92 Å². The fraction of sp³-hybridized carbons (Fsp3) is 0.192. The number of nitrogens with one attached hydrogen (secondary N) is 3. The van der Waals surface area contributed by atoms with Crippen LogP contribution in [0.5, 0.6) is 0 Å². The van der Waals surface area contributed by atoms with Crippen molar-refractivity contribution in [2.24, 2.45) is 0 Å². The smallest absolute Gasteiger partial charge is 0.343 e. The van der Waals surface area contributed by atoms with E-state index in [0.717, 1.165) is 5.56 Å². The maximum absolute atomic E-state index is 13.2. The summed E-state index contributed by atoms with van der Waals surface area (Å²) in [5, 5.41) is 7.24. The highest BCUT2D eigenvalue weighted by molar-refractivity contribution is 6.02. The van der Waals surface area contributed by atoms with Crippen LogP contribution in [0.3, 0.4) is 0 Å². The van der Waals surface area contributed by atoms with Gasteiger partial charge in [-0.05, 0) is 42.3 Å². The summed E-state index contributed by atoms with van der Waals surface area (Å²) >= 11 is 0. The lowest BCUT2D eigenvalue weighted by Gasteiger charge is -2.20. The van der Waals surface area contributed by atoms with Crippen LogP contribution < -0.4 is 16.0 Å². The van der Waals surface area contributed by atoms with E-state index in [9.17, 15) is 27.6 Å². The SMILES string of the molecule is Cc1ccc(C(=O)NCC(F)(F)F)cc1NC(=O)C(Cc1ccccc1)NC(=O)c1ccccc1. The van der Waals surface area contributed by atoms with Crippen LogP contribution in [0.25, 0.3) is 0 Å². The molecule has 3 rings (SSSR count). The third-order valence-corrected chi connectivity index (χ3v) is 5.15. The molecule has 1 unspecified atom stereocenters. The van der Waals surface area contributed by atoms with Crippen LogP contribution in [-0.4, -0.2) is 36.5 Å². The third-order valence-electron chi connectivity index (χ3n) is 5.15. The molecule has 6 nitrogen and oxygen atoms in total. The first-order valence-electron chi connectivity index (χ1n) is 10.8. The summed E-state index contributed by atoms with van der Waals surface area (Å²) in [6.07, 6.45) is -4.34. The van der Waals surface area contributed by atoms with E-state index in [-0.39, 0.29) is 17.7 Å². The number of hydrogen-bond donors (Lipinski definition) is 3. The van der Waals surface area contributed by atoms with E-state index in [2.05, 4.69) is 10.6 Å². The van der Waals surface area contributed by atoms with Crippen molar-refractivity contribution in [1.29, 1.82) is 0 Å². The minimum atomic E-state index is -4.54. The summed E-state index contributed by atoms with van der Waals surface area (Å²) < 4.78 is 37.3. The molecule has 0 aliphatic carbocycles. The van der Waals surface area contributed by atoms with E-state index < -0.39 is 36.5 Å². The van der Waals surface area contributed by atoms with E-state index in [4.69, 9.17) is 0 Å². The zero-order valence-corrected chi connectivity index (χ0v) is 18.9. The molecule has 3 N–H and O–H groups in total. The van der Waals surface area contributed by atoms with Gasteiger partial charge in [0.1, 0.15) is 12.6 Å². The largest absolute Gasteiger partial charge is 0.405 e. The van der Waals surface area contributed by atoms with Crippen LogP contribution in [0.2, 0.25) is 0 Å². The van der Waals surface area contributed by atoms with Crippen molar-refractivity contribution < 1.29 is 27.6 Å². The van der Waals surface area contributed by atoms with Crippen molar-refractivity contribution in [3.8, 4) is 0 Å². The second kappa shape index (κ2) is 11.3. The van der Waals surface area contributed by atoms with Gasteiger partial charge in [0.25, 0.3) is 11.8 Å². The van der Waals surface area contributed by atoms with Crippen molar-refractivity contribution in [2.75, 3.05) is 11.9 Å². The van der Waals surface area contributed by atoms with Crippen LogP contribution in [0.1, 0.15) is 31.8 Å². The summed E-state index contributed by atoms with van der Waals surface area (Å²) in [6.45, 7) is 0.216. The molecular weight excluding hydrogens is 459 g/mol. The Labute approximate surface area is 200 Å². The zero-order valence-electron chi connectivity index (χ0n) is 18.9. The van der Waals surface area contributed by atoms with E-state index >= 15 is 0 Å². The number of halogens is 3. The minimum Gasteiger partial charge on any atom is -0.343 e. The molecule has 3 amide bonds. The Bertz CT molecular complexity index is 1180. The summed E-state index contributed by atoms with van der Waals surface area (Å²) in [4.78, 5) is 38.1. The quantitative estimate of drug-likeness (QED) is 0.447. The molecule has 0 saturated carbocycles. The first-order valence-corrected chi connectivity index (χ1v) is 10.8. The first kappa shape index (κ1) is 25.5. The van der Waals surface area contributed by atoms with Crippen molar-refractivity contribution in [3.05, 3.63) is 101 Å².